The summed E-state index contributed by atoms with van der Waals surface area (Å²) in [7, 11) is 0. The van der Waals surface area contributed by atoms with E-state index in [2.05, 4.69) is 9.83 Å². The maximum Gasteiger partial charge on any atom is 0.248 e. The second kappa shape index (κ2) is 4.36. The van der Waals surface area contributed by atoms with Gasteiger partial charge in [-0.1, -0.05) is 0 Å². The highest BCUT2D eigenvalue weighted by Crippen LogP contribution is 2.41. The van der Waals surface area contributed by atoms with Crippen molar-refractivity contribution in [2.24, 2.45) is 0 Å². The molecule has 1 heterocycles. The number of nitrogens with zero attached hydrogens (tertiary/aromatic N) is 2. The molecule has 90 valence electrons. The van der Waals surface area contributed by atoms with Gasteiger partial charge in [0.15, 0.2) is 0 Å². The lowest BCUT2D eigenvalue weighted by Crippen LogP contribution is -2.24. The molecule has 2 nitrogen and oxygen atoms in total. The highest BCUT2D eigenvalue weighted by atomic mass is 19.3. The van der Waals surface area contributed by atoms with Crippen LogP contribution in [0.5, 0.6) is 0 Å². The zero-order valence-corrected chi connectivity index (χ0v) is 9.09. The van der Waals surface area contributed by atoms with E-state index in [9.17, 15) is 13.2 Å². The predicted octanol–water partition coefficient (Wildman–Crippen LogP) is 4.06. The van der Waals surface area contributed by atoms with Crippen molar-refractivity contribution < 1.29 is 13.2 Å². The lowest BCUT2D eigenvalue weighted by Gasteiger charge is -2.28. The molecule has 2 rings (SSSR count). The van der Waals surface area contributed by atoms with Crippen LogP contribution in [-0.2, 0) is 0 Å². The molecule has 1 saturated carbocycles. The van der Waals surface area contributed by atoms with E-state index in [1.165, 1.54) is 6.07 Å². The molecular formula is C12H11F3N2. The van der Waals surface area contributed by atoms with Crippen LogP contribution in [0.25, 0.3) is 4.85 Å². The summed E-state index contributed by atoms with van der Waals surface area (Å²) in [5.74, 6) is -3.52. The second-order valence-corrected chi connectivity index (χ2v) is 4.32. The molecule has 0 amide bonds. The van der Waals surface area contributed by atoms with Crippen LogP contribution in [0.1, 0.15) is 37.2 Å². The van der Waals surface area contributed by atoms with E-state index >= 15 is 0 Å². The fourth-order valence-electron chi connectivity index (χ4n) is 2.15. The first-order valence-corrected chi connectivity index (χ1v) is 5.42. The second-order valence-electron chi connectivity index (χ2n) is 4.32. The molecule has 5 heteroatoms. The minimum absolute atomic E-state index is 0.223. The van der Waals surface area contributed by atoms with Crippen molar-refractivity contribution in [1.29, 1.82) is 0 Å². The van der Waals surface area contributed by atoms with E-state index in [0.717, 1.165) is 6.20 Å². The smallest absolute Gasteiger partial charge is 0.240 e. The molecule has 0 atom stereocenters. The third-order valence-corrected chi connectivity index (χ3v) is 3.14. The predicted molar refractivity (Wildman–Crippen MR) is 56.6 cm³/mol. The molecule has 1 aromatic heterocycles. The van der Waals surface area contributed by atoms with E-state index in [-0.39, 0.29) is 37.3 Å². The fourth-order valence-corrected chi connectivity index (χ4v) is 2.15. The summed E-state index contributed by atoms with van der Waals surface area (Å²) in [4.78, 5) is 6.66. The summed E-state index contributed by atoms with van der Waals surface area (Å²) in [6, 6.07) is 1.42. The van der Waals surface area contributed by atoms with Crippen LogP contribution in [-0.4, -0.2) is 10.9 Å². The quantitative estimate of drug-likeness (QED) is 0.534. The lowest BCUT2D eigenvalue weighted by molar-refractivity contribution is -0.0384. The molecule has 0 unspecified atom stereocenters. The van der Waals surface area contributed by atoms with Gasteiger partial charge in [-0.15, -0.1) is 0 Å². The van der Waals surface area contributed by atoms with Gasteiger partial charge in [0.2, 0.25) is 17.6 Å². The molecule has 0 spiro atoms. The maximum atomic E-state index is 13.5. The first kappa shape index (κ1) is 11.9. The summed E-state index contributed by atoms with van der Waals surface area (Å²) in [5, 5.41) is 0. The normalized spacial score (nSPS) is 19.9. The third kappa shape index (κ3) is 2.57. The molecule has 1 fully saturated rings. The van der Waals surface area contributed by atoms with Gasteiger partial charge in [-0.2, -0.15) is 4.39 Å². The Hall–Kier alpha value is -1.57. The van der Waals surface area contributed by atoms with Crippen molar-refractivity contribution in [3.8, 4) is 0 Å². The van der Waals surface area contributed by atoms with Gasteiger partial charge in [0.1, 0.15) is 0 Å². The van der Waals surface area contributed by atoms with Gasteiger partial charge in [0.25, 0.3) is 0 Å². The van der Waals surface area contributed by atoms with Crippen LogP contribution in [0, 0.1) is 12.5 Å². The molecule has 0 aliphatic heterocycles. The van der Waals surface area contributed by atoms with Gasteiger partial charge >= 0.3 is 0 Å². The third-order valence-electron chi connectivity index (χ3n) is 3.14. The van der Waals surface area contributed by atoms with Gasteiger partial charge < -0.3 is 0 Å². The molecule has 0 radical (unpaired) electrons. The summed E-state index contributed by atoms with van der Waals surface area (Å²) in [6.45, 7) is 6.83. The zero-order valence-electron chi connectivity index (χ0n) is 9.09. The molecule has 0 bridgehead atoms. The van der Waals surface area contributed by atoms with Gasteiger partial charge in [-0.25, -0.2) is 18.6 Å². The van der Waals surface area contributed by atoms with E-state index < -0.39 is 11.9 Å². The van der Waals surface area contributed by atoms with E-state index in [1.54, 1.807) is 0 Å². The van der Waals surface area contributed by atoms with E-state index in [1.807, 2.05) is 0 Å². The molecule has 1 aliphatic rings. The highest BCUT2D eigenvalue weighted by molar-refractivity contribution is 5.45. The van der Waals surface area contributed by atoms with Crippen LogP contribution < -0.4 is 0 Å². The molecule has 1 aliphatic carbocycles. The lowest BCUT2D eigenvalue weighted by atomic mass is 9.82. The number of alkyl halides is 2. The molecular weight excluding hydrogens is 229 g/mol. The standard InChI is InChI=1S/C12H11F3N2/c1-16-9-6-10(11(13)17-7-9)8-2-4-12(14,15)5-3-8/h6-8H,2-5H2. The van der Waals surface area contributed by atoms with Crippen molar-refractivity contribution in [3.05, 3.63) is 35.2 Å². The Kier molecular flexibility index (Phi) is 3.05. The van der Waals surface area contributed by atoms with Gasteiger partial charge in [0, 0.05) is 19.0 Å². The average Bonchev–Trinajstić information content (AvgIpc) is 2.30. The minimum Gasteiger partial charge on any atom is -0.240 e. The van der Waals surface area contributed by atoms with Crippen molar-refractivity contribution in [2.45, 2.75) is 37.5 Å². The first-order chi connectivity index (χ1) is 8.02. The monoisotopic (exact) mass is 240 g/mol. The Balaban J connectivity index is 2.21. The van der Waals surface area contributed by atoms with Crippen molar-refractivity contribution in [3.63, 3.8) is 0 Å². The van der Waals surface area contributed by atoms with E-state index in [4.69, 9.17) is 6.57 Å². The van der Waals surface area contributed by atoms with Crippen LogP contribution in [0.2, 0.25) is 0 Å². The summed E-state index contributed by atoms with van der Waals surface area (Å²) >= 11 is 0. The minimum atomic E-state index is -2.63. The zero-order chi connectivity index (χ0) is 12.5. The van der Waals surface area contributed by atoms with Crippen LogP contribution in [0.15, 0.2) is 12.3 Å². The summed E-state index contributed by atoms with van der Waals surface area (Å²) < 4.78 is 39.4. The topological polar surface area (TPSA) is 17.2 Å². The largest absolute Gasteiger partial charge is 0.248 e. The Morgan fingerprint density at radius 1 is 1.35 bits per heavy atom. The Morgan fingerprint density at radius 3 is 2.59 bits per heavy atom. The number of rotatable bonds is 1. The van der Waals surface area contributed by atoms with E-state index in [0.29, 0.717) is 5.56 Å². The SMILES string of the molecule is [C-]#[N+]c1cnc(F)c(C2CCC(F)(F)CC2)c1. The fraction of sp³-hybridized carbons (Fsp3) is 0.500. The maximum absolute atomic E-state index is 13.5. The Bertz CT molecular complexity index is 455. The van der Waals surface area contributed by atoms with Crippen LogP contribution in [0.4, 0.5) is 18.9 Å². The summed E-state index contributed by atoms with van der Waals surface area (Å²) in [5.41, 5.74) is 0.549. The molecule has 0 aromatic carbocycles. The molecule has 17 heavy (non-hydrogen) atoms. The number of pyridine rings is 1. The number of hydrogen-bond acceptors (Lipinski definition) is 1. The van der Waals surface area contributed by atoms with Gasteiger partial charge in [-0.05, 0) is 30.4 Å². The van der Waals surface area contributed by atoms with Crippen molar-refractivity contribution >= 4 is 5.69 Å². The Morgan fingerprint density at radius 2 is 2.00 bits per heavy atom. The van der Waals surface area contributed by atoms with Gasteiger partial charge in [-0.3, -0.25) is 0 Å². The average molecular weight is 240 g/mol. The van der Waals surface area contributed by atoms with Crippen molar-refractivity contribution in [1.82, 2.24) is 4.98 Å². The number of aromatic nitrogens is 1. The Labute approximate surface area is 97.3 Å². The molecule has 1 aromatic rings. The number of halogens is 3. The molecule has 0 N–H and O–H groups in total. The first-order valence-electron chi connectivity index (χ1n) is 5.42. The van der Waals surface area contributed by atoms with Crippen LogP contribution in [0.3, 0.4) is 0 Å². The van der Waals surface area contributed by atoms with Crippen LogP contribution >= 0.6 is 0 Å². The summed E-state index contributed by atoms with van der Waals surface area (Å²) in [6.07, 6.45) is 1.20. The molecule has 0 saturated heterocycles. The van der Waals surface area contributed by atoms with Crippen molar-refractivity contribution in [2.75, 3.05) is 0 Å². The highest BCUT2D eigenvalue weighted by Gasteiger charge is 2.36. The number of hydrogen-bond donors (Lipinski definition) is 0. The van der Waals surface area contributed by atoms with Gasteiger partial charge in [0.05, 0.1) is 6.57 Å².